The molecule has 1 aliphatic heterocycles. The summed E-state index contributed by atoms with van der Waals surface area (Å²) in [6, 6.07) is 19.8. The molecule has 1 N–H and O–H groups in total. The van der Waals surface area contributed by atoms with Gasteiger partial charge in [0, 0.05) is 33.5 Å². The average molecular weight is 652 g/mol. The summed E-state index contributed by atoms with van der Waals surface area (Å²) in [5.41, 5.74) is 1.72. The van der Waals surface area contributed by atoms with Crippen LogP contribution in [0.3, 0.4) is 0 Å². The number of methoxy groups -OCH3 is 2. The van der Waals surface area contributed by atoms with Gasteiger partial charge in [0.2, 0.25) is 15.9 Å². The van der Waals surface area contributed by atoms with Crippen LogP contribution >= 0.6 is 31.9 Å². The second-order valence-electron chi connectivity index (χ2n) is 8.71. The summed E-state index contributed by atoms with van der Waals surface area (Å²) in [5.74, 6) is 0.962. The summed E-state index contributed by atoms with van der Waals surface area (Å²) >= 11 is 6.70. The first kappa shape index (κ1) is 27.6. The van der Waals surface area contributed by atoms with E-state index in [2.05, 4.69) is 37.2 Å². The normalized spacial score (nSPS) is 15.7. The Morgan fingerprint density at radius 1 is 0.973 bits per heavy atom. The number of carbonyl (C=O) groups excluding carboxylic acids is 1. The molecular formula is C27H28Br2N2O5S. The maximum Gasteiger partial charge on any atom is 0.244 e. The maximum absolute atomic E-state index is 13.4. The molecular weight excluding hydrogens is 624 g/mol. The van der Waals surface area contributed by atoms with E-state index < -0.39 is 16.1 Å². The third-order valence-electron chi connectivity index (χ3n) is 6.52. The number of rotatable bonds is 8. The summed E-state index contributed by atoms with van der Waals surface area (Å²) in [4.78, 5) is 13.7. The number of hydrogen-bond donors (Lipinski definition) is 1. The zero-order valence-electron chi connectivity index (χ0n) is 20.5. The highest BCUT2D eigenvalue weighted by molar-refractivity contribution is 9.11. The highest BCUT2D eigenvalue weighted by Crippen LogP contribution is 2.33. The van der Waals surface area contributed by atoms with Gasteiger partial charge in [0.25, 0.3) is 0 Å². The van der Waals surface area contributed by atoms with Crippen molar-refractivity contribution in [3.05, 3.63) is 86.8 Å². The van der Waals surface area contributed by atoms with Crippen LogP contribution in [-0.2, 0) is 14.8 Å². The number of piperidine rings is 1. The van der Waals surface area contributed by atoms with Crippen molar-refractivity contribution in [1.29, 1.82) is 0 Å². The fraction of sp³-hybridized carbons (Fsp3) is 0.296. The van der Waals surface area contributed by atoms with Gasteiger partial charge in [-0.25, -0.2) is 8.42 Å². The third-order valence-corrected chi connectivity index (χ3v) is 9.91. The Bertz CT molecular complexity index is 1360. The van der Waals surface area contributed by atoms with Gasteiger partial charge in [0.1, 0.15) is 11.5 Å². The van der Waals surface area contributed by atoms with Gasteiger partial charge >= 0.3 is 0 Å². The highest BCUT2D eigenvalue weighted by atomic mass is 79.9. The van der Waals surface area contributed by atoms with Crippen molar-refractivity contribution in [3.63, 3.8) is 0 Å². The largest absolute Gasteiger partial charge is 0.497 e. The van der Waals surface area contributed by atoms with Gasteiger partial charge < -0.3 is 14.8 Å². The van der Waals surface area contributed by atoms with Gasteiger partial charge in [-0.1, -0.05) is 46.3 Å². The van der Waals surface area contributed by atoms with Gasteiger partial charge in [-0.15, -0.1) is 0 Å². The standard InChI is InChI=1S/C27H28Br2N2O5S/c1-35-21-10-7-18(8-11-21)26(22-5-3-4-6-24(22)36-2)30-27(32)19-13-15-31(16-14-19)37(33,34)25-17-20(28)9-12-23(25)29/h3-12,17,19,26H,13-16H2,1-2H3,(H,30,32). The van der Waals surface area contributed by atoms with Crippen molar-refractivity contribution in [1.82, 2.24) is 9.62 Å². The zero-order chi connectivity index (χ0) is 26.6. The van der Waals surface area contributed by atoms with E-state index in [-0.39, 0.29) is 29.8 Å². The Morgan fingerprint density at radius 3 is 2.30 bits per heavy atom. The molecule has 1 heterocycles. The van der Waals surface area contributed by atoms with Crippen molar-refractivity contribution < 1.29 is 22.7 Å². The number of carbonyl (C=O) groups is 1. The molecule has 1 atom stereocenters. The molecule has 7 nitrogen and oxygen atoms in total. The number of nitrogens with zero attached hydrogens (tertiary/aromatic N) is 1. The van der Waals surface area contributed by atoms with Crippen LogP contribution in [0.4, 0.5) is 0 Å². The summed E-state index contributed by atoms with van der Waals surface area (Å²) in [7, 11) is -0.482. The van der Waals surface area contributed by atoms with E-state index in [1.165, 1.54) is 4.31 Å². The summed E-state index contributed by atoms with van der Waals surface area (Å²) < 4.78 is 40.0. The van der Waals surface area contributed by atoms with E-state index in [1.54, 1.807) is 32.4 Å². The molecule has 10 heteroatoms. The van der Waals surface area contributed by atoms with Crippen LogP contribution in [0.15, 0.2) is 80.6 Å². The van der Waals surface area contributed by atoms with E-state index in [4.69, 9.17) is 9.47 Å². The number of benzene rings is 3. The topological polar surface area (TPSA) is 84.9 Å². The quantitative estimate of drug-likeness (QED) is 0.346. The molecule has 196 valence electrons. The van der Waals surface area contributed by atoms with Crippen molar-refractivity contribution >= 4 is 47.8 Å². The number of hydrogen-bond acceptors (Lipinski definition) is 5. The lowest BCUT2D eigenvalue weighted by molar-refractivity contribution is -0.126. The van der Waals surface area contributed by atoms with Crippen LogP contribution in [0.2, 0.25) is 0 Å². The van der Waals surface area contributed by atoms with Crippen LogP contribution in [0.5, 0.6) is 11.5 Å². The molecule has 3 aromatic rings. The summed E-state index contributed by atoms with van der Waals surface area (Å²) in [5, 5.41) is 3.19. The van der Waals surface area contributed by atoms with E-state index >= 15 is 0 Å². The summed E-state index contributed by atoms with van der Waals surface area (Å²) in [6.07, 6.45) is 0.857. The Balaban J connectivity index is 1.51. The van der Waals surface area contributed by atoms with Crippen LogP contribution < -0.4 is 14.8 Å². The summed E-state index contributed by atoms with van der Waals surface area (Å²) in [6.45, 7) is 0.530. The van der Waals surface area contributed by atoms with Crippen molar-refractivity contribution in [2.45, 2.75) is 23.8 Å². The Labute approximate surface area is 234 Å². The lowest BCUT2D eigenvalue weighted by atomic mass is 9.93. The number of ether oxygens (including phenoxy) is 2. The van der Waals surface area contributed by atoms with Crippen molar-refractivity contribution in [3.8, 4) is 11.5 Å². The molecule has 3 aromatic carbocycles. The van der Waals surface area contributed by atoms with Crippen LogP contribution in [0.1, 0.15) is 30.0 Å². The molecule has 0 aromatic heterocycles. The monoisotopic (exact) mass is 650 g/mol. The van der Waals surface area contributed by atoms with Gasteiger partial charge in [-0.3, -0.25) is 4.79 Å². The first-order valence-electron chi connectivity index (χ1n) is 11.8. The van der Waals surface area contributed by atoms with Crippen LogP contribution in [-0.4, -0.2) is 45.9 Å². The second kappa shape index (κ2) is 12.0. The van der Waals surface area contributed by atoms with Gasteiger partial charge in [0.05, 0.1) is 25.2 Å². The Kier molecular flexibility index (Phi) is 8.94. The minimum absolute atomic E-state index is 0.118. The zero-order valence-corrected chi connectivity index (χ0v) is 24.5. The second-order valence-corrected chi connectivity index (χ2v) is 12.4. The Hall–Kier alpha value is -2.40. The molecule has 1 aliphatic rings. The minimum atomic E-state index is -3.69. The molecule has 0 spiro atoms. The predicted molar refractivity (Wildman–Crippen MR) is 149 cm³/mol. The maximum atomic E-state index is 13.4. The fourth-order valence-electron chi connectivity index (χ4n) is 4.47. The molecule has 0 saturated carbocycles. The fourth-order valence-corrected chi connectivity index (χ4v) is 7.41. The molecule has 4 rings (SSSR count). The number of amides is 1. The highest BCUT2D eigenvalue weighted by Gasteiger charge is 2.34. The first-order chi connectivity index (χ1) is 17.7. The van der Waals surface area contributed by atoms with E-state index in [9.17, 15) is 13.2 Å². The number of halogens is 2. The Morgan fingerprint density at radius 2 is 1.65 bits per heavy atom. The number of para-hydroxylation sites is 1. The van der Waals surface area contributed by atoms with Crippen LogP contribution in [0, 0.1) is 5.92 Å². The average Bonchev–Trinajstić information content (AvgIpc) is 2.93. The van der Waals surface area contributed by atoms with E-state index in [1.807, 2.05) is 48.5 Å². The molecule has 1 amide bonds. The number of nitrogens with one attached hydrogen (secondary N) is 1. The molecule has 1 unspecified atom stereocenters. The molecule has 37 heavy (non-hydrogen) atoms. The molecule has 0 radical (unpaired) electrons. The smallest absolute Gasteiger partial charge is 0.244 e. The van der Waals surface area contributed by atoms with Gasteiger partial charge in [-0.05, 0) is 70.7 Å². The third kappa shape index (κ3) is 6.19. The number of sulfonamides is 1. The van der Waals surface area contributed by atoms with Crippen LogP contribution in [0.25, 0.3) is 0 Å². The molecule has 0 bridgehead atoms. The van der Waals surface area contributed by atoms with Crippen molar-refractivity contribution in [2.75, 3.05) is 27.3 Å². The van der Waals surface area contributed by atoms with Gasteiger partial charge in [0.15, 0.2) is 0 Å². The minimum Gasteiger partial charge on any atom is -0.497 e. The predicted octanol–water partition coefficient (Wildman–Crippen LogP) is 5.54. The van der Waals surface area contributed by atoms with Gasteiger partial charge in [-0.2, -0.15) is 4.31 Å². The lowest BCUT2D eigenvalue weighted by Gasteiger charge is -2.32. The van der Waals surface area contributed by atoms with E-state index in [0.717, 1.165) is 16.9 Å². The molecule has 1 fully saturated rings. The lowest BCUT2D eigenvalue weighted by Crippen LogP contribution is -2.43. The SMILES string of the molecule is COc1ccc(C(NC(=O)C2CCN(S(=O)(=O)c3cc(Br)ccc3Br)CC2)c2ccccc2OC)cc1. The van der Waals surface area contributed by atoms with Crippen molar-refractivity contribution in [2.24, 2.45) is 5.92 Å². The first-order valence-corrected chi connectivity index (χ1v) is 14.8. The molecule has 1 saturated heterocycles. The van der Waals surface area contributed by atoms with E-state index in [0.29, 0.717) is 27.5 Å². The molecule has 0 aliphatic carbocycles.